The van der Waals surface area contributed by atoms with E-state index in [-0.39, 0.29) is 11.8 Å². The number of amides is 1. The number of likely N-dealkylation sites (tertiary alicyclic amines) is 1. The Hall–Kier alpha value is -3.27. The molecule has 1 amide bonds. The lowest BCUT2D eigenvalue weighted by atomic mass is 9.86. The Morgan fingerprint density at radius 3 is 2.19 bits per heavy atom. The van der Waals surface area contributed by atoms with E-state index in [2.05, 4.69) is 17.0 Å². The zero-order valence-electron chi connectivity index (χ0n) is 17.8. The van der Waals surface area contributed by atoms with Crippen molar-refractivity contribution in [3.05, 3.63) is 89.5 Å². The van der Waals surface area contributed by atoms with Crippen molar-refractivity contribution < 1.29 is 14.3 Å². The van der Waals surface area contributed by atoms with Crippen LogP contribution in [0.4, 0.5) is 0 Å². The Balaban J connectivity index is 1.46. The van der Waals surface area contributed by atoms with Crippen LogP contribution in [0.5, 0.6) is 17.2 Å². The molecule has 0 aliphatic carbocycles. The Kier molecular flexibility index (Phi) is 5.37. The first-order chi connectivity index (χ1) is 15.2. The maximum atomic E-state index is 14.0. The van der Waals surface area contributed by atoms with Gasteiger partial charge in [-0.1, -0.05) is 55.0 Å². The van der Waals surface area contributed by atoms with Gasteiger partial charge in [0.05, 0.1) is 13.0 Å². The van der Waals surface area contributed by atoms with E-state index in [0.717, 1.165) is 60.7 Å². The van der Waals surface area contributed by atoms with Crippen LogP contribution in [-0.2, 0) is 4.79 Å². The summed E-state index contributed by atoms with van der Waals surface area (Å²) in [6, 6.07) is 24.1. The normalized spacial score (nSPS) is 18.4. The van der Waals surface area contributed by atoms with Crippen LogP contribution in [0.3, 0.4) is 0 Å². The first-order valence-corrected chi connectivity index (χ1v) is 11.0. The maximum Gasteiger partial charge on any atom is 0.234 e. The van der Waals surface area contributed by atoms with Gasteiger partial charge in [-0.05, 0) is 42.7 Å². The molecule has 1 saturated heterocycles. The van der Waals surface area contributed by atoms with Crippen molar-refractivity contribution in [2.75, 3.05) is 20.2 Å². The number of rotatable bonds is 3. The van der Waals surface area contributed by atoms with E-state index in [1.54, 1.807) is 7.11 Å². The number of ether oxygens (including phenoxy) is 2. The highest BCUT2D eigenvalue weighted by Crippen LogP contribution is 2.45. The summed E-state index contributed by atoms with van der Waals surface area (Å²) in [4.78, 5) is 16.0. The van der Waals surface area contributed by atoms with E-state index in [0.29, 0.717) is 5.92 Å². The lowest BCUT2D eigenvalue weighted by Gasteiger charge is -2.33. The minimum Gasteiger partial charge on any atom is -0.497 e. The predicted octanol–water partition coefficient (Wildman–Crippen LogP) is 5.73. The van der Waals surface area contributed by atoms with Crippen LogP contribution in [0.25, 0.3) is 0 Å². The topological polar surface area (TPSA) is 38.8 Å². The molecule has 0 aromatic heterocycles. The molecule has 4 heteroatoms. The highest BCUT2D eigenvalue weighted by Gasteiger charge is 2.36. The Bertz CT molecular complexity index is 1030. The van der Waals surface area contributed by atoms with Gasteiger partial charge in [0.1, 0.15) is 17.2 Å². The molecular weight excluding hydrogens is 386 g/mol. The first-order valence-electron chi connectivity index (χ1n) is 11.0. The van der Waals surface area contributed by atoms with Gasteiger partial charge in [0.15, 0.2) is 0 Å². The second-order valence-corrected chi connectivity index (χ2v) is 8.36. The van der Waals surface area contributed by atoms with E-state index >= 15 is 0 Å². The quantitative estimate of drug-likeness (QED) is 0.550. The van der Waals surface area contributed by atoms with Gasteiger partial charge in [0, 0.05) is 30.1 Å². The third kappa shape index (κ3) is 3.78. The van der Waals surface area contributed by atoms with Gasteiger partial charge in [0.25, 0.3) is 0 Å². The van der Waals surface area contributed by atoms with Crippen molar-refractivity contribution in [2.24, 2.45) is 0 Å². The average molecular weight is 414 g/mol. The molecule has 2 aliphatic rings. The van der Waals surface area contributed by atoms with Gasteiger partial charge in [-0.2, -0.15) is 0 Å². The third-order valence-electron chi connectivity index (χ3n) is 6.50. The van der Waals surface area contributed by atoms with Crippen LogP contribution < -0.4 is 9.47 Å². The number of hydrogen-bond donors (Lipinski definition) is 0. The van der Waals surface area contributed by atoms with Crippen LogP contribution in [-0.4, -0.2) is 31.0 Å². The molecule has 0 saturated carbocycles. The summed E-state index contributed by atoms with van der Waals surface area (Å²) in [6.07, 6.45) is 3.25. The fourth-order valence-electron chi connectivity index (χ4n) is 4.85. The fraction of sp³-hybridized carbons (Fsp3) is 0.296. The zero-order valence-corrected chi connectivity index (χ0v) is 17.8. The Morgan fingerprint density at radius 1 is 0.903 bits per heavy atom. The van der Waals surface area contributed by atoms with Crippen LogP contribution in [0.1, 0.15) is 47.8 Å². The summed E-state index contributed by atoms with van der Waals surface area (Å²) in [6.45, 7) is 1.54. The molecule has 0 radical (unpaired) electrons. The van der Waals surface area contributed by atoms with Crippen molar-refractivity contribution in [3.8, 4) is 17.2 Å². The molecule has 3 aromatic rings. The van der Waals surface area contributed by atoms with Crippen LogP contribution in [0, 0.1) is 0 Å². The molecule has 1 unspecified atom stereocenters. The molecule has 158 valence electrons. The smallest absolute Gasteiger partial charge is 0.234 e. The second-order valence-electron chi connectivity index (χ2n) is 8.36. The van der Waals surface area contributed by atoms with Crippen molar-refractivity contribution in [1.29, 1.82) is 0 Å². The van der Waals surface area contributed by atoms with Gasteiger partial charge in [0.2, 0.25) is 5.91 Å². The number of hydrogen-bond acceptors (Lipinski definition) is 3. The fourth-order valence-corrected chi connectivity index (χ4v) is 4.85. The van der Waals surface area contributed by atoms with E-state index < -0.39 is 0 Å². The molecule has 0 N–H and O–H groups in total. The monoisotopic (exact) mass is 413 g/mol. The summed E-state index contributed by atoms with van der Waals surface area (Å²) in [5.41, 5.74) is 3.18. The van der Waals surface area contributed by atoms with Gasteiger partial charge >= 0.3 is 0 Å². The van der Waals surface area contributed by atoms with E-state index in [1.807, 2.05) is 60.7 Å². The van der Waals surface area contributed by atoms with Crippen LogP contribution >= 0.6 is 0 Å². The number of carbonyl (C=O) groups excluding carboxylic acids is 1. The molecule has 4 nitrogen and oxygen atoms in total. The molecule has 2 aliphatic heterocycles. The number of fused-ring (bicyclic) bond motifs is 2. The van der Waals surface area contributed by atoms with Crippen molar-refractivity contribution in [1.82, 2.24) is 4.90 Å². The summed E-state index contributed by atoms with van der Waals surface area (Å²) >= 11 is 0. The Labute approximate surface area is 183 Å². The lowest BCUT2D eigenvalue weighted by molar-refractivity contribution is -0.132. The number of para-hydroxylation sites is 2. The van der Waals surface area contributed by atoms with Crippen LogP contribution in [0.2, 0.25) is 0 Å². The predicted molar refractivity (Wildman–Crippen MR) is 121 cm³/mol. The van der Waals surface area contributed by atoms with Crippen LogP contribution in [0.15, 0.2) is 72.8 Å². The lowest BCUT2D eigenvalue weighted by Crippen LogP contribution is -2.38. The van der Waals surface area contributed by atoms with Gasteiger partial charge in [-0.3, -0.25) is 4.79 Å². The molecule has 1 fully saturated rings. The first kappa shape index (κ1) is 19.7. The molecule has 31 heavy (non-hydrogen) atoms. The van der Waals surface area contributed by atoms with Gasteiger partial charge in [-0.15, -0.1) is 0 Å². The third-order valence-corrected chi connectivity index (χ3v) is 6.50. The van der Waals surface area contributed by atoms with Crippen molar-refractivity contribution in [3.63, 3.8) is 0 Å². The van der Waals surface area contributed by atoms with Crippen molar-refractivity contribution in [2.45, 2.75) is 31.1 Å². The largest absolute Gasteiger partial charge is 0.497 e. The van der Waals surface area contributed by atoms with E-state index in [1.165, 1.54) is 5.56 Å². The number of benzene rings is 3. The molecule has 3 aromatic carbocycles. The number of methoxy groups -OCH3 is 1. The minimum atomic E-state index is -0.323. The minimum absolute atomic E-state index is 0.170. The highest BCUT2D eigenvalue weighted by molar-refractivity contribution is 5.89. The zero-order chi connectivity index (χ0) is 21.2. The highest BCUT2D eigenvalue weighted by atomic mass is 16.5. The SMILES string of the molecule is COc1ccc(C2CCCCN(C(=O)C3c4ccccc4Oc4ccccc43)C2)cc1. The van der Waals surface area contributed by atoms with Crippen molar-refractivity contribution >= 4 is 5.91 Å². The molecule has 0 bridgehead atoms. The summed E-state index contributed by atoms with van der Waals surface area (Å²) < 4.78 is 11.4. The standard InChI is InChI=1S/C27H27NO3/c1-30-21-15-13-19(14-16-21)20-8-6-7-17-28(18-20)27(29)26-22-9-2-4-11-24(22)31-25-12-5-3-10-23(25)26/h2-5,9-16,20,26H,6-8,17-18H2,1H3. The van der Waals surface area contributed by atoms with Gasteiger partial charge in [-0.25, -0.2) is 0 Å². The average Bonchev–Trinajstić information content (AvgIpc) is 3.08. The molecule has 2 heterocycles. The van der Waals surface area contributed by atoms with E-state index in [9.17, 15) is 4.79 Å². The van der Waals surface area contributed by atoms with E-state index in [4.69, 9.17) is 9.47 Å². The summed E-state index contributed by atoms with van der Waals surface area (Å²) in [5.74, 6) is 2.60. The molecule has 1 atom stereocenters. The summed E-state index contributed by atoms with van der Waals surface area (Å²) in [7, 11) is 1.69. The Morgan fingerprint density at radius 2 is 1.55 bits per heavy atom. The second kappa shape index (κ2) is 8.46. The molecular formula is C27H27NO3. The molecule has 0 spiro atoms. The number of carbonyl (C=O) groups is 1. The summed E-state index contributed by atoms with van der Waals surface area (Å²) in [5, 5.41) is 0. The number of nitrogens with zero attached hydrogens (tertiary/aromatic N) is 1. The maximum absolute atomic E-state index is 14.0. The molecule has 5 rings (SSSR count). The van der Waals surface area contributed by atoms with Gasteiger partial charge < -0.3 is 14.4 Å².